The van der Waals surface area contributed by atoms with Crippen LogP contribution < -0.4 is 0 Å². The van der Waals surface area contributed by atoms with Crippen LogP contribution >= 0.6 is 0 Å². The molecule has 1 amide bonds. The molecule has 0 aromatic rings. The summed E-state index contributed by atoms with van der Waals surface area (Å²) in [4.78, 5) is 36.6. The minimum absolute atomic E-state index is 0.0341. The second-order valence-corrected chi connectivity index (χ2v) is 6.03. The first-order chi connectivity index (χ1) is 8.50. The predicted molar refractivity (Wildman–Crippen MR) is 67.8 cm³/mol. The van der Waals surface area contributed by atoms with Gasteiger partial charge in [-0.2, -0.15) is 0 Å². The predicted octanol–water partition coefficient (Wildman–Crippen LogP) is 1.68. The number of carboxylic acid groups (broad SMARTS) is 1. The molecule has 1 heterocycles. The van der Waals surface area contributed by atoms with E-state index in [1.165, 1.54) is 11.8 Å². The minimum Gasteiger partial charge on any atom is -0.480 e. The number of rotatable bonds is 1. The summed E-state index contributed by atoms with van der Waals surface area (Å²) < 4.78 is 5.24. The zero-order valence-corrected chi connectivity index (χ0v) is 12.0. The third-order valence-corrected chi connectivity index (χ3v) is 3.53. The van der Waals surface area contributed by atoms with Crippen molar-refractivity contribution >= 4 is 17.8 Å². The molecule has 0 radical (unpaired) electrons. The summed E-state index contributed by atoms with van der Waals surface area (Å²) in [6.07, 6.45) is -0.549. The van der Waals surface area contributed by atoms with Crippen molar-refractivity contribution in [3.8, 4) is 0 Å². The molecule has 2 atom stereocenters. The standard InChI is InChI=1S/C13H21NO5/c1-8-13(5,10(16)17)9(15)6-7-14(8)11(18)19-12(2,3)4/h8H,6-7H2,1-5H3,(H,16,17). The number of carboxylic acids is 1. The number of ketones is 1. The SMILES string of the molecule is CC1N(C(=O)OC(C)(C)C)CCC(=O)C1(C)C(=O)O. The molecule has 0 bridgehead atoms. The van der Waals surface area contributed by atoms with E-state index in [0.29, 0.717) is 0 Å². The Labute approximate surface area is 112 Å². The van der Waals surface area contributed by atoms with E-state index in [4.69, 9.17) is 4.74 Å². The lowest BCUT2D eigenvalue weighted by Gasteiger charge is -2.42. The van der Waals surface area contributed by atoms with E-state index in [1.807, 2.05) is 0 Å². The lowest BCUT2D eigenvalue weighted by molar-refractivity contribution is -0.160. The highest BCUT2D eigenvalue weighted by Crippen LogP contribution is 2.33. The Bertz CT molecular complexity index is 412. The first-order valence-electron chi connectivity index (χ1n) is 6.26. The number of likely N-dealkylation sites (tertiary alicyclic amines) is 1. The van der Waals surface area contributed by atoms with Crippen molar-refractivity contribution in [3.05, 3.63) is 0 Å². The Balaban J connectivity index is 2.97. The molecule has 1 rings (SSSR count). The van der Waals surface area contributed by atoms with Gasteiger partial charge in [-0.3, -0.25) is 9.59 Å². The maximum atomic E-state index is 12.0. The Morgan fingerprint density at radius 1 is 1.42 bits per heavy atom. The molecule has 108 valence electrons. The van der Waals surface area contributed by atoms with Gasteiger partial charge in [-0.1, -0.05) is 0 Å². The van der Waals surface area contributed by atoms with E-state index in [1.54, 1.807) is 27.7 Å². The number of piperidine rings is 1. The molecule has 0 aromatic carbocycles. The summed E-state index contributed by atoms with van der Waals surface area (Å²) in [5.74, 6) is -1.56. The molecule has 19 heavy (non-hydrogen) atoms. The van der Waals surface area contributed by atoms with E-state index in [2.05, 4.69) is 0 Å². The number of carbonyl (C=O) groups excluding carboxylic acids is 2. The van der Waals surface area contributed by atoms with Gasteiger partial charge in [0.05, 0.1) is 6.04 Å². The zero-order chi connectivity index (χ0) is 15.0. The molecule has 2 unspecified atom stereocenters. The third kappa shape index (κ3) is 2.88. The summed E-state index contributed by atoms with van der Waals surface area (Å²) in [6.45, 7) is 8.33. The van der Waals surface area contributed by atoms with Gasteiger partial charge in [0.25, 0.3) is 0 Å². The Morgan fingerprint density at radius 3 is 2.37 bits per heavy atom. The first kappa shape index (κ1) is 15.5. The van der Waals surface area contributed by atoms with Crippen LogP contribution in [0.15, 0.2) is 0 Å². The van der Waals surface area contributed by atoms with Crippen molar-refractivity contribution in [1.29, 1.82) is 0 Å². The number of nitrogens with zero attached hydrogens (tertiary/aromatic N) is 1. The molecule has 0 aromatic heterocycles. The summed E-state index contributed by atoms with van der Waals surface area (Å²) in [6, 6.07) is -0.735. The quantitative estimate of drug-likeness (QED) is 0.733. The van der Waals surface area contributed by atoms with Gasteiger partial charge < -0.3 is 14.7 Å². The normalized spacial score (nSPS) is 28.2. The minimum atomic E-state index is -1.57. The summed E-state index contributed by atoms with van der Waals surface area (Å²) in [5, 5.41) is 9.27. The van der Waals surface area contributed by atoms with Crippen LogP contribution in [0.2, 0.25) is 0 Å². The smallest absolute Gasteiger partial charge is 0.410 e. The molecule has 1 saturated heterocycles. The lowest BCUT2D eigenvalue weighted by atomic mass is 9.74. The van der Waals surface area contributed by atoms with Crippen molar-refractivity contribution in [2.75, 3.05) is 6.54 Å². The van der Waals surface area contributed by atoms with E-state index >= 15 is 0 Å². The highest BCUT2D eigenvalue weighted by atomic mass is 16.6. The van der Waals surface area contributed by atoms with Crippen molar-refractivity contribution < 1.29 is 24.2 Å². The maximum Gasteiger partial charge on any atom is 0.410 e. The molecule has 0 spiro atoms. The average molecular weight is 271 g/mol. The summed E-state index contributed by atoms with van der Waals surface area (Å²) >= 11 is 0. The average Bonchev–Trinajstić information content (AvgIpc) is 2.23. The summed E-state index contributed by atoms with van der Waals surface area (Å²) in [7, 11) is 0. The van der Waals surface area contributed by atoms with Crippen molar-refractivity contribution in [2.24, 2.45) is 5.41 Å². The van der Waals surface area contributed by atoms with E-state index in [0.717, 1.165) is 0 Å². The van der Waals surface area contributed by atoms with Gasteiger partial charge in [-0.25, -0.2) is 4.79 Å². The maximum absolute atomic E-state index is 12.0. The number of aliphatic carboxylic acids is 1. The van der Waals surface area contributed by atoms with Gasteiger partial charge in [-0.05, 0) is 34.6 Å². The highest BCUT2D eigenvalue weighted by Gasteiger charge is 2.52. The van der Waals surface area contributed by atoms with Crippen LogP contribution in [0.3, 0.4) is 0 Å². The molecule has 0 aliphatic carbocycles. The molecule has 1 N–H and O–H groups in total. The molecular weight excluding hydrogens is 250 g/mol. The number of Topliss-reactive ketones (excluding diaryl/α,β-unsaturated/α-hetero) is 1. The van der Waals surface area contributed by atoms with Crippen molar-refractivity contribution in [1.82, 2.24) is 4.90 Å². The van der Waals surface area contributed by atoms with Gasteiger partial charge in [0, 0.05) is 13.0 Å². The van der Waals surface area contributed by atoms with Crippen LogP contribution in [0.4, 0.5) is 4.79 Å². The molecule has 1 fully saturated rings. The molecule has 6 heteroatoms. The van der Waals surface area contributed by atoms with E-state index in [9.17, 15) is 19.5 Å². The van der Waals surface area contributed by atoms with Crippen molar-refractivity contribution in [2.45, 2.75) is 52.7 Å². The molecule has 6 nitrogen and oxygen atoms in total. The first-order valence-corrected chi connectivity index (χ1v) is 6.26. The fourth-order valence-electron chi connectivity index (χ4n) is 2.09. The molecule has 1 aliphatic heterocycles. The van der Waals surface area contributed by atoms with Gasteiger partial charge in [-0.15, -0.1) is 0 Å². The Kier molecular flexibility index (Phi) is 3.93. The van der Waals surface area contributed by atoms with Crippen LogP contribution in [-0.4, -0.2) is 46.0 Å². The zero-order valence-electron chi connectivity index (χ0n) is 12.0. The van der Waals surface area contributed by atoms with Crippen LogP contribution in [0, 0.1) is 5.41 Å². The van der Waals surface area contributed by atoms with Crippen molar-refractivity contribution in [3.63, 3.8) is 0 Å². The number of amides is 1. The Hall–Kier alpha value is -1.59. The topological polar surface area (TPSA) is 83.9 Å². The summed E-state index contributed by atoms with van der Waals surface area (Å²) in [5.41, 5.74) is -2.23. The second-order valence-electron chi connectivity index (χ2n) is 6.03. The Morgan fingerprint density at radius 2 is 1.95 bits per heavy atom. The van der Waals surface area contributed by atoms with Gasteiger partial charge in [0.2, 0.25) is 0 Å². The number of ether oxygens (including phenoxy) is 1. The number of carbonyl (C=O) groups is 3. The molecule has 0 saturated carbocycles. The number of hydrogen-bond donors (Lipinski definition) is 1. The lowest BCUT2D eigenvalue weighted by Crippen LogP contribution is -2.60. The van der Waals surface area contributed by atoms with Gasteiger partial charge >= 0.3 is 12.1 Å². The fourth-order valence-corrected chi connectivity index (χ4v) is 2.09. The largest absolute Gasteiger partial charge is 0.480 e. The van der Waals surface area contributed by atoms with Crippen LogP contribution in [0.1, 0.15) is 41.0 Å². The number of hydrogen-bond acceptors (Lipinski definition) is 4. The fraction of sp³-hybridized carbons (Fsp3) is 0.769. The molecule has 1 aliphatic rings. The second kappa shape index (κ2) is 4.83. The highest BCUT2D eigenvalue weighted by molar-refractivity contribution is 6.04. The van der Waals surface area contributed by atoms with Crippen LogP contribution in [0.5, 0.6) is 0 Å². The monoisotopic (exact) mass is 271 g/mol. The van der Waals surface area contributed by atoms with E-state index < -0.39 is 29.1 Å². The molecular formula is C13H21NO5. The van der Waals surface area contributed by atoms with Crippen LogP contribution in [0.25, 0.3) is 0 Å². The van der Waals surface area contributed by atoms with E-state index in [-0.39, 0.29) is 18.7 Å². The van der Waals surface area contributed by atoms with Gasteiger partial charge in [0.1, 0.15) is 11.0 Å². The third-order valence-electron chi connectivity index (χ3n) is 3.53. The van der Waals surface area contributed by atoms with Crippen LogP contribution in [-0.2, 0) is 14.3 Å². The van der Waals surface area contributed by atoms with Gasteiger partial charge in [0.15, 0.2) is 5.78 Å².